The van der Waals surface area contributed by atoms with E-state index in [0.29, 0.717) is 11.3 Å². The van der Waals surface area contributed by atoms with Gasteiger partial charge in [0, 0.05) is 6.04 Å². The van der Waals surface area contributed by atoms with Crippen molar-refractivity contribution >= 4 is 5.91 Å². The van der Waals surface area contributed by atoms with Crippen LogP contribution in [0.15, 0.2) is 16.7 Å². The van der Waals surface area contributed by atoms with Gasteiger partial charge in [0.05, 0.1) is 11.8 Å². The van der Waals surface area contributed by atoms with Crippen LogP contribution in [0.3, 0.4) is 0 Å². The fraction of sp³-hybridized carbons (Fsp3) is 0.500. The Kier molecular flexibility index (Phi) is 3.12. The summed E-state index contributed by atoms with van der Waals surface area (Å²) < 4.78 is 5.04. The summed E-state index contributed by atoms with van der Waals surface area (Å²) >= 11 is 0. The highest BCUT2D eigenvalue weighted by Crippen LogP contribution is 2.08. The average Bonchev–Trinajstić information content (AvgIpc) is 2.51. The highest BCUT2D eigenvalue weighted by atomic mass is 16.3. The van der Waals surface area contributed by atoms with Crippen LogP contribution in [0.2, 0.25) is 0 Å². The maximum Gasteiger partial charge on any atom is 0.255 e. The minimum atomic E-state index is -0.0550. The summed E-state index contributed by atoms with van der Waals surface area (Å²) in [5.41, 5.74) is 0.625. The Balaban J connectivity index is 2.64. The molecule has 3 nitrogen and oxygen atoms in total. The monoisotopic (exact) mass is 181 g/mol. The van der Waals surface area contributed by atoms with Gasteiger partial charge in [0.15, 0.2) is 0 Å². The first-order chi connectivity index (χ1) is 6.15. The molecule has 1 aromatic rings. The third kappa shape index (κ3) is 2.34. The quantitative estimate of drug-likeness (QED) is 0.776. The Hall–Kier alpha value is -1.25. The third-order valence-electron chi connectivity index (χ3n) is 2.09. The molecule has 0 aliphatic carbocycles. The van der Waals surface area contributed by atoms with Crippen molar-refractivity contribution in [2.24, 2.45) is 0 Å². The molecule has 13 heavy (non-hydrogen) atoms. The van der Waals surface area contributed by atoms with Crippen molar-refractivity contribution in [1.29, 1.82) is 0 Å². The van der Waals surface area contributed by atoms with E-state index in [4.69, 9.17) is 4.42 Å². The molecule has 1 N–H and O–H groups in total. The van der Waals surface area contributed by atoms with Gasteiger partial charge in [0.25, 0.3) is 5.91 Å². The Morgan fingerprint density at radius 3 is 2.85 bits per heavy atom. The second-order valence-corrected chi connectivity index (χ2v) is 3.17. The molecule has 0 saturated heterocycles. The zero-order chi connectivity index (χ0) is 9.84. The van der Waals surface area contributed by atoms with Gasteiger partial charge in [0.2, 0.25) is 0 Å². The summed E-state index contributed by atoms with van der Waals surface area (Å²) in [5, 5.41) is 2.87. The van der Waals surface area contributed by atoms with E-state index in [1.54, 1.807) is 13.0 Å². The van der Waals surface area contributed by atoms with Crippen LogP contribution in [0.1, 0.15) is 36.4 Å². The largest absolute Gasteiger partial charge is 0.469 e. The molecule has 0 spiro atoms. The molecule has 1 rings (SSSR count). The van der Waals surface area contributed by atoms with E-state index >= 15 is 0 Å². The maximum absolute atomic E-state index is 11.5. The van der Waals surface area contributed by atoms with Crippen LogP contribution in [0.25, 0.3) is 0 Å². The van der Waals surface area contributed by atoms with E-state index in [-0.39, 0.29) is 11.9 Å². The summed E-state index contributed by atoms with van der Waals surface area (Å²) in [6.45, 7) is 5.80. The van der Waals surface area contributed by atoms with E-state index < -0.39 is 0 Å². The Morgan fingerprint density at radius 1 is 1.69 bits per heavy atom. The molecular weight excluding hydrogens is 166 g/mol. The van der Waals surface area contributed by atoms with Gasteiger partial charge < -0.3 is 9.73 Å². The smallest absolute Gasteiger partial charge is 0.255 e. The number of furan rings is 1. The maximum atomic E-state index is 11.5. The Labute approximate surface area is 78.1 Å². The van der Waals surface area contributed by atoms with E-state index in [0.717, 1.165) is 6.42 Å². The molecule has 0 saturated carbocycles. The summed E-state index contributed by atoms with van der Waals surface area (Å²) in [5.74, 6) is 0.612. The standard InChI is InChI=1S/C10H15NO2/c1-4-7(2)11-10(12)9-5-6-13-8(9)3/h5-7H,4H2,1-3H3,(H,11,12)/t7-/m1/s1. The van der Waals surface area contributed by atoms with E-state index in [2.05, 4.69) is 5.32 Å². The topological polar surface area (TPSA) is 42.2 Å². The molecule has 0 aromatic carbocycles. The third-order valence-corrected chi connectivity index (χ3v) is 2.09. The van der Waals surface area contributed by atoms with E-state index in [1.807, 2.05) is 13.8 Å². The molecule has 1 heterocycles. The van der Waals surface area contributed by atoms with Gasteiger partial charge in [-0.1, -0.05) is 6.92 Å². The number of amides is 1. The molecule has 3 heteroatoms. The van der Waals surface area contributed by atoms with Crippen LogP contribution >= 0.6 is 0 Å². The van der Waals surface area contributed by atoms with Crippen LogP contribution < -0.4 is 5.32 Å². The number of carbonyl (C=O) groups excluding carboxylic acids is 1. The molecular formula is C10H15NO2. The lowest BCUT2D eigenvalue weighted by molar-refractivity contribution is 0.0938. The highest BCUT2D eigenvalue weighted by Gasteiger charge is 2.12. The van der Waals surface area contributed by atoms with Gasteiger partial charge >= 0.3 is 0 Å². The fourth-order valence-electron chi connectivity index (χ4n) is 1.02. The number of carbonyl (C=O) groups is 1. The van der Waals surface area contributed by atoms with Crippen molar-refractivity contribution in [2.75, 3.05) is 0 Å². The zero-order valence-electron chi connectivity index (χ0n) is 8.26. The molecule has 0 fully saturated rings. The van der Waals surface area contributed by atoms with Crippen LogP contribution in [0.4, 0.5) is 0 Å². The van der Waals surface area contributed by atoms with Crippen molar-refractivity contribution in [2.45, 2.75) is 33.2 Å². The number of hydrogen-bond acceptors (Lipinski definition) is 2. The molecule has 0 bridgehead atoms. The summed E-state index contributed by atoms with van der Waals surface area (Å²) in [4.78, 5) is 11.5. The van der Waals surface area contributed by atoms with Gasteiger partial charge in [-0.3, -0.25) is 4.79 Å². The minimum Gasteiger partial charge on any atom is -0.469 e. The zero-order valence-corrected chi connectivity index (χ0v) is 8.26. The lowest BCUT2D eigenvalue weighted by Gasteiger charge is -2.10. The average molecular weight is 181 g/mol. The fourth-order valence-corrected chi connectivity index (χ4v) is 1.02. The first kappa shape index (κ1) is 9.84. The molecule has 0 unspecified atom stereocenters. The lowest BCUT2D eigenvalue weighted by Crippen LogP contribution is -2.31. The van der Waals surface area contributed by atoms with Crippen molar-refractivity contribution in [3.8, 4) is 0 Å². The second-order valence-electron chi connectivity index (χ2n) is 3.17. The Bertz CT molecular complexity index is 291. The van der Waals surface area contributed by atoms with E-state index in [1.165, 1.54) is 6.26 Å². The van der Waals surface area contributed by atoms with E-state index in [9.17, 15) is 4.79 Å². The van der Waals surface area contributed by atoms with Crippen molar-refractivity contribution in [1.82, 2.24) is 5.32 Å². The normalized spacial score (nSPS) is 12.5. The molecule has 1 atom stereocenters. The van der Waals surface area contributed by atoms with Gasteiger partial charge in [-0.15, -0.1) is 0 Å². The van der Waals surface area contributed by atoms with Crippen molar-refractivity contribution in [3.05, 3.63) is 23.7 Å². The SMILES string of the molecule is CC[C@@H](C)NC(=O)c1ccoc1C. The van der Waals surface area contributed by atoms with Crippen LogP contribution in [-0.2, 0) is 0 Å². The number of nitrogens with one attached hydrogen (secondary N) is 1. The van der Waals surface area contributed by atoms with Crippen molar-refractivity contribution in [3.63, 3.8) is 0 Å². The van der Waals surface area contributed by atoms with Gasteiger partial charge in [-0.05, 0) is 26.3 Å². The summed E-state index contributed by atoms with van der Waals surface area (Å²) in [7, 11) is 0. The number of hydrogen-bond donors (Lipinski definition) is 1. The first-order valence-electron chi connectivity index (χ1n) is 4.50. The van der Waals surface area contributed by atoms with Crippen LogP contribution in [0, 0.1) is 6.92 Å². The molecule has 0 aliphatic rings. The van der Waals surface area contributed by atoms with Gasteiger partial charge in [0.1, 0.15) is 5.76 Å². The molecule has 1 aromatic heterocycles. The van der Waals surface area contributed by atoms with Gasteiger partial charge in [-0.2, -0.15) is 0 Å². The van der Waals surface area contributed by atoms with Crippen LogP contribution in [-0.4, -0.2) is 11.9 Å². The highest BCUT2D eigenvalue weighted by molar-refractivity contribution is 5.95. The molecule has 0 aliphatic heterocycles. The minimum absolute atomic E-state index is 0.0550. The predicted octanol–water partition coefficient (Wildman–Crippen LogP) is 2.12. The van der Waals surface area contributed by atoms with Gasteiger partial charge in [-0.25, -0.2) is 0 Å². The lowest BCUT2D eigenvalue weighted by atomic mass is 10.2. The molecule has 0 radical (unpaired) electrons. The van der Waals surface area contributed by atoms with Crippen LogP contribution in [0.5, 0.6) is 0 Å². The molecule has 1 amide bonds. The number of rotatable bonds is 3. The summed E-state index contributed by atoms with van der Waals surface area (Å²) in [6, 6.07) is 1.90. The second kappa shape index (κ2) is 4.12. The Morgan fingerprint density at radius 2 is 2.38 bits per heavy atom. The first-order valence-corrected chi connectivity index (χ1v) is 4.50. The number of aryl methyl sites for hydroxylation is 1. The van der Waals surface area contributed by atoms with Crippen molar-refractivity contribution < 1.29 is 9.21 Å². The predicted molar refractivity (Wildman–Crippen MR) is 50.7 cm³/mol. The molecule has 72 valence electrons. The summed E-state index contributed by atoms with van der Waals surface area (Å²) in [6.07, 6.45) is 2.46.